The molecule has 0 radical (unpaired) electrons. The van der Waals surface area contributed by atoms with Gasteiger partial charge in [0.2, 0.25) is 0 Å². The van der Waals surface area contributed by atoms with Crippen LogP contribution in [0, 0.1) is 6.92 Å². The van der Waals surface area contributed by atoms with E-state index < -0.39 is 11.7 Å². The smallest absolute Gasteiger partial charge is 0.348 e. The Morgan fingerprint density at radius 2 is 2.10 bits per heavy atom. The van der Waals surface area contributed by atoms with Crippen LogP contribution in [0.25, 0.3) is 22.4 Å². The van der Waals surface area contributed by atoms with Gasteiger partial charge in [0.15, 0.2) is 0 Å². The van der Waals surface area contributed by atoms with Crippen molar-refractivity contribution in [1.29, 1.82) is 0 Å². The second kappa shape index (κ2) is 8.00. The van der Waals surface area contributed by atoms with Crippen LogP contribution in [0.4, 0.5) is 13.2 Å². The number of nitrogens with one attached hydrogen (secondary N) is 2. The SMILES string of the molecule is Cc1noc2nc(-c3cccc(C(F)(F)F)c3)cc(C(=O)NC3CCNC3)c12.Cl. The van der Waals surface area contributed by atoms with E-state index in [9.17, 15) is 18.0 Å². The normalized spacial score (nSPS) is 16.6. The molecule has 0 bridgehead atoms. The molecule has 2 N–H and O–H groups in total. The largest absolute Gasteiger partial charge is 0.416 e. The van der Waals surface area contributed by atoms with Gasteiger partial charge in [0.25, 0.3) is 11.6 Å². The average molecular weight is 427 g/mol. The minimum Gasteiger partial charge on any atom is -0.348 e. The molecule has 1 amide bonds. The monoisotopic (exact) mass is 426 g/mol. The van der Waals surface area contributed by atoms with Gasteiger partial charge in [-0.1, -0.05) is 17.3 Å². The number of carbonyl (C=O) groups excluding carboxylic acids is 1. The molecule has 154 valence electrons. The minimum atomic E-state index is -4.47. The lowest BCUT2D eigenvalue weighted by Gasteiger charge is -2.13. The molecule has 1 aliphatic heterocycles. The van der Waals surface area contributed by atoms with E-state index in [-0.39, 0.29) is 46.9 Å². The summed E-state index contributed by atoms with van der Waals surface area (Å²) in [5, 5.41) is 10.4. The van der Waals surface area contributed by atoms with Crippen molar-refractivity contribution in [3.05, 3.63) is 47.2 Å². The van der Waals surface area contributed by atoms with E-state index in [1.54, 1.807) is 6.92 Å². The minimum absolute atomic E-state index is 0. The number of amides is 1. The number of benzene rings is 1. The van der Waals surface area contributed by atoms with E-state index in [0.717, 1.165) is 25.1 Å². The quantitative estimate of drug-likeness (QED) is 0.667. The molecule has 2 aromatic heterocycles. The molecule has 1 atom stereocenters. The highest BCUT2D eigenvalue weighted by atomic mass is 35.5. The maximum absolute atomic E-state index is 13.1. The van der Waals surface area contributed by atoms with Crippen LogP contribution in [-0.2, 0) is 6.18 Å². The van der Waals surface area contributed by atoms with Crippen molar-refractivity contribution in [2.45, 2.75) is 25.6 Å². The number of fused-ring (bicyclic) bond motifs is 1. The maximum Gasteiger partial charge on any atom is 0.416 e. The number of rotatable bonds is 3. The van der Waals surface area contributed by atoms with Gasteiger partial charge < -0.3 is 15.2 Å². The third kappa shape index (κ3) is 4.20. The van der Waals surface area contributed by atoms with Crippen molar-refractivity contribution < 1.29 is 22.5 Å². The molecule has 3 heterocycles. The number of halogens is 4. The number of carbonyl (C=O) groups is 1. The van der Waals surface area contributed by atoms with Crippen LogP contribution in [0.2, 0.25) is 0 Å². The molecule has 29 heavy (non-hydrogen) atoms. The van der Waals surface area contributed by atoms with E-state index in [1.165, 1.54) is 18.2 Å². The van der Waals surface area contributed by atoms with Gasteiger partial charge in [0, 0.05) is 18.2 Å². The van der Waals surface area contributed by atoms with Crippen LogP contribution in [-0.4, -0.2) is 35.2 Å². The lowest BCUT2D eigenvalue weighted by Crippen LogP contribution is -2.36. The molecule has 1 aliphatic rings. The van der Waals surface area contributed by atoms with Crippen molar-refractivity contribution >= 4 is 29.4 Å². The van der Waals surface area contributed by atoms with Crippen LogP contribution >= 0.6 is 12.4 Å². The molecule has 4 rings (SSSR count). The molecule has 0 spiro atoms. The molecule has 6 nitrogen and oxygen atoms in total. The number of aromatic nitrogens is 2. The Morgan fingerprint density at radius 1 is 1.31 bits per heavy atom. The highest BCUT2D eigenvalue weighted by Crippen LogP contribution is 2.33. The number of alkyl halides is 3. The van der Waals surface area contributed by atoms with Crippen molar-refractivity contribution in [3.8, 4) is 11.3 Å². The fraction of sp³-hybridized carbons (Fsp3) is 0.316. The van der Waals surface area contributed by atoms with Gasteiger partial charge in [0.1, 0.15) is 0 Å². The molecule has 0 saturated carbocycles. The van der Waals surface area contributed by atoms with Crippen LogP contribution < -0.4 is 10.6 Å². The summed E-state index contributed by atoms with van der Waals surface area (Å²) in [6.07, 6.45) is -3.66. The Morgan fingerprint density at radius 3 is 2.79 bits per heavy atom. The molecule has 10 heteroatoms. The number of hydrogen-bond acceptors (Lipinski definition) is 5. The van der Waals surface area contributed by atoms with Crippen molar-refractivity contribution in [3.63, 3.8) is 0 Å². The van der Waals surface area contributed by atoms with Crippen LogP contribution in [0.5, 0.6) is 0 Å². The van der Waals surface area contributed by atoms with E-state index >= 15 is 0 Å². The first-order chi connectivity index (χ1) is 13.3. The van der Waals surface area contributed by atoms with Gasteiger partial charge >= 0.3 is 6.18 Å². The molecular formula is C19H18ClF3N4O2. The summed E-state index contributed by atoms with van der Waals surface area (Å²) < 4.78 is 44.4. The third-order valence-electron chi connectivity index (χ3n) is 4.74. The van der Waals surface area contributed by atoms with Crippen molar-refractivity contribution in [2.24, 2.45) is 0 Å². The summed E-state index contributed by atoms with van der Waals surface area (Å²) in [4.78, 5) is 17.1. The predicted molar refractivity (Wildman–Crippen MR) is 103 cm³/mol. The molecule has 1 aromatic carbocycles. The highest BCUT2D eigenvalue weighted by molar-refractivity contribution is 6.07. The Labute approximate surface area is 170 Å². The fourth-order valence-electron chi connectivity index (χ4n) is 3.32. The highest BCUT2D eigenvalue weighted by Gasteiger charge is 2.31. The number of nitrogens with zero attached hydrogens (tertiary/aromatic N) is 2. The van der Waals surface area contributed by atoms with Crippen molar-refractivity contribution in [2.75, 3.05) is 13.1 Å². The van der Waals surface area contributed by atoms with E-state index in [4.69, 9.17) is 4.52 Å². The third-order valence-corrected chi connectivity index (χ3v) is 4.74. The maximum atomic E-state index is 13.1. The first-order valence-corrected chi connectivity index (χ1v) is 8.79. The molecule has 0 aliphatic carbocycles. The average Bonchev–Trinajstić information content (AvgIpc) is 3.30. The van der Waals surface area contributed by atoms with Crippen LogP contribution in [0.15, 0.2) is 34.9 Å². The summed E-state index contributed by atoms with van der Waals surface area (Å²) in [5.74, 6) is -0.333. The molecule has 1 unspecified atom stereocenters. The van der Waals surface area contributed by atoms with Gasteiger partial charge in [-0.25, -0.2) is 4.98 Å². The second-order valence-corrected chi connectivity index (χ2v) is 6.74. The summed E-state index contributed by atoms with van der Waals surface area (Å²) >= 11 is 0. The number of pyridine rings is 1. The van der Waals surface area contributed by atoms with Crippen LogP contribution in [0.1, 0.15) is 28.0 Å². The fourth-order valence-corrected chi connectivity index (χ4v) is 3.32. The summed E-state index contributed by atoms with van der Waals surface area (Å²) in [6.45, 7) is 3.17. The lowest BCUT2D eigenvalue weighted by molar-refractivity contribution is -0.137. The van der Waals surface area contributed by atoms with Gasteiger partial charge in [-0.2, -0.15) is 13.2 Å². The van der Waals surface area contributed by atoms with Gasteiger partial charge in [-0.05, 0) is 38.1 Å². The summed E-state index contributed by atoms with van der Waals surface area (Å²) in [6, 6.07) is 6.28. The molecular weight excluding hydrogens is 409 g/mol. The zero-order chi connectivity index (χ0) is 19.9. The van der Waals surface area contributed by atoms with Gasteiger partial charge in [0.05, 0.1) is 27.9 Å². The second-order valence-electron chi connectivity index (χ2n) is 6.74. The Kier molecular flexibility index (Phi) is 5.81. The van der Waals surface area contributed by atoms with E-state index in [2.05, 4.69) is 20.8 Å². The summed E-state index contributed by atoms with van der Waals surface area (Å²) in [7, 11) is 0. The Hall–Kier alpha value is -2.65. The number of aryl methyl sites for hydroxylation is 1. The van der Waals surface area contributed by atoms with Crippen molar-refractivity contribution in [1.82, 2.24) is 20.8 Å². The first-order valence-electron chi connectivity index (χ1n) is 8.79. The zero-order valence-electron chi connectivity index (χ0n) is 15.3. The molecule has 1 fully saturated rings. The Bertz CT molecular complexity index is 1050. The Balaban J connectivity index is 0.00000240. The standard InChI is InChI=1S/C19H17F3N4O2.ClH/c1-10-16-14(17(27)24-13-5-6-23-9-13)8-15(25-18(16)28-26-10)11-3-2-4-12(7-11)19(20,21)22;/h2-4,7-8,13,23H,5-6,9H2,1H3,(H,24,27);1H. The van der Waals surface area contributed by atoms with Gasteiger partial charge in [-0.15, -0.1) is 12.4 Å². The van der Waals surface area contributed by atoms with Gasteiger partial charge in [-0.3, -0.25) is 4.79 Å². The number of hydrogen-bond donors (Lipinski definition) is 2. The van der Waals surface area contributed by atoms with Crippen LogP contribution in [0.3, 0.4) is 0 Å². The lowest BCUT2D eigenvalue weighted by atomic mass is 10.0. The molecule has 1 saturated heterocycles. The van der Waals surface area contributed by atoms with E-state index in [0.29, 0.717) is 17.6 Å². The first kappa shape index (κ1) is 21.1. The topological polar surface area (TPSA) is 80.0 Å². The van der Waals surface area contributed by atoms with E-state index in [1.807, 2.05) is 0 Å². The molecule has 3 aromatic rings. The predicted octanol–water partition coefficient (Wildman–Crippen LogP) is 3.73. The zero-order valence-corrected chi connectivity index (χ0v) is 16.2. The summed E-state index contributed by atoms with van der Waals surface area (Å²) in [5.41, 5.74) is 0.549.